The van der Waals surface area contributed by atoms with Crippen LogP contribution in [0, 0.1) is 5.82 Å². The Bertz CT molecular complexity index is 1020. The first-order valence-electron chi connectivity index (χ1n) is 6.75. The zero-order valence-electron chi connectivity index (χ0n) is 11.8. The largest absolute Gasteiger partial charge is 0.313 e. The van der Waals surface area contributed by atoms with E-state index in [0.29, 0.717) is 20.3 Å². The maximum atomic E-state index is 13.6. The Morgan fingerprint density at radius 1 is 1.17 bits per heavy atom. The molecule has 0 amide bonds. The lowest BCUT2D eigenvalue weighted by molar-refractivity contribution is 0.106. The van der Waals surface area contributed by atoms with Gasteiger partial charge in [0, 0.05) is 29.6 Å². The van der Waals surface area contributed by atoms with Crippen LogP contribution in [0.5, 0.6) is 0 Å². The maximum absolute atomic E-state index is 13.6. The SMILES string of the molecule is O=C(C=c1[nH]c(=O)c(=Cc2ccccc2F)s1)c1ccncc1. The fourth-order valence-corrected chi connectivity index (χ4v) is 2.85. The normalized spacial score (nSPS) is 12.6. The third kappa shape index (κ3) is 3.49. The summed E-state index contributed by atoms with van der Waals surface area (Å²) in [7, 11) is 0. The summed E-state index contributed by atoms with van der Waals surface area (Å²) in [5.41, 5.74) is 0.452. The quantitative estimate of drug-likeness (QED) is 0.741. The molecule has 0 unspecified atom stereocenters. The third-order valence-electron chi connectivity index (χ3n) is 3.10. The van der Waals surface area contributed by atoms with E-state index in [1.54, 1.807) is 30.3 Å². The molecule has 6 heteroatoms. The van der Waals surface area contributed by atoms with E-state index < -0.39 is 5.82 Å². The molecule has 0 aliphatic heterocycles. The first-order chi connectivity index (χ1) is 11.1. The van der Waals surface area contributed by atoms with Crippen LogP contribution in [0.3, 0.4) is 0 Å². The van der Waals surface area contributed by atoms with Crippen molar-refractivity contribution in [3.63, 3.8) is 0 Å². The first kappa shape index (κ1) is 15.1. The van der Waals surface area contributed by atoms with Crippen molar-refractivity contribution < 1.29 is 9.18 Å². The Morgan fingerprint density at radius 2 is 1.91 bits per heavy atom. The zero-order valence-corrected chi connectivity index (χ0v) is 12.6. The Labute approximate surface area is 134 Å². The summed E-state index contributed by atoms with van der Waals surface area (Å²) in [5.74, 6) is -0.638. The highest BCUT2D eigenvalue weighted by Crippen LogP contribution is 2.06. The van der Waals surface area contributed by atoms with Crippen LogP contribution in [-0.2, 0) is 0 Å². The number of carbonyl (C=O) groups is 1. The monoisotopic (exact) mass is 326 g/mol. The number of hydrogen-bond acceptors (Lipinski definition) is 4. The molecule has 0 saturated heterocycles. The molecule has 0 fully saturated rings. The van der Waals surface area contributed by atoms with Gasteiger partial charge in [0.2, 0.25) is 0 Å². The molecule has 0 bridgehead atoms. The van der Waals surface area contributed by atoms with E-state index in [-0.39, 0.29) is 11.3 Å². The van der Waals surface area contributed by atoms with E-state index in [2.05, 4.69) is 9.97 Å². The van der Waals surface area contributed by atoms with E-state index >= 15 is 0 Å². The Morgan fingerprint density at radius 3 is 2.65 bits per heavy atom. The number of nitrogens with zero attached hydrogens (tertiary/aromatic N) is 1. The van der Waals surface area contributed by atoms with Gasteiger partial charge in [-0.3, -0.25) is 14.6 Å². The second-order valence-electron chi connectivity index (χ2n) is 4.70. The molecule has 2 heterocycles. The average molecular weight is 326 g/mol. The number of H-pyrrole nitrogens is 1. The molecule has 0 saturated carbocycles. The lowest BCUT2D eigenvalue weighted by atomic mass is 10.2. The predicted octanol–water partition coefficient (Wildman–Crippen LogP) is 1.46. The molecule has 1 aromatic carbocycles. The van der Waals surface area contributed by atoms with Crippen LogP contribution in [0.2, 0.25) is 0 Å². The Balaban J connectivity index is 2.02. The molecule has 3 rings (SSSR count). The topological polar surface area (TPSA) is 62.8 Å². The summed E-state index contributed by atoms with van der Waals surface area (Å²) in [6.45, 7) is 0. The third-order valence-corrected chi connectivity index (χ3v) is 4.06. The number of halogens is 1. The molecule has 1 N–H and O–H groups in total. The van der Waals surface area contributed by atoms with Crippen LogP contribution in [0.25, 0.3) is 12.2 Å². The van der Waals surface area contributed by atoms with E-state index in [4.69, 9.17) is 0 Å². The summed E-state index contributed by atoms with van der Waals surface area (Å²) in [4.78, 5) is 30.5. The first-order valence-corrected chi connectivity index (χ1v) is 7.56. The van der Waals surface area contributed by atoms with Crippen molar-refractivity contribution in [1.82, 2.24) is 9.97 Å². The fourth-order valence-electron chi connectivity index (χ4n) is 1.98. The zero-order chi connectivity index (χ0) is 16.2. The number of Topliss-reactive ketones (excluding diaryl/α,β-unsaturated/α-hetero) is 1. The standard InChI is InChI=1S/C17H11FN2O2S/c18-13-4-2-1-3-12(13)9-15-17(22)20-16(23-15)10-14(21)11-5-7-19-8-6-11/h1-10H,(H,20,22). The molecule has 0 atom stereocenters. The lowest BCUT2D eigenvalue weighted by Gasteiger charge is -1.92. The van der Waals surface area contributed by atoms with Gasteiger partial charge in [-0.25, -0.2) is 4.39 Å². The highest BCUT2D eigenvalue weighted by atomic mass is 32.1. The highest BCUT2D eigenvalue weighted by Gasteiger charge is 2.03. The van der Waals surface area contributed by atoms with Gasteiger partial charge < -0.3 is 4.98 Å². The van der Waals surface area contributed by atoms with Crippen molar-refractivity contribution >= 4 is 29.3 Å². The molecule has 0 aliphatic carbocycles. The van der Waals surface area contributed by atoms with Gasteiger partial charge in [-0.1, -0.05) is 18.2 Å². The minimum Gasteiger partial charge on any atom is -0.313 e. The molecule has 3 aromatic rings. The smallest absolute Gasteiger partial charge is 0.266 e. The second-order valence-corrected chi connectivity index (χ2v) is 5.78. The number of thiazole rings is 1. The van der Waals surface area contributed by atoms with E-state index in [9.17, 15) is 14.0 Å². The number of carbonyl (C=O) groups excluding carboxylic acids is 1. The second kappa shape index (κ2) is 6.50. The van der Waals surface area contributed by atoms with Gasteiger partial charge in [-0.05, 0) is 24.3 Å². The number of aromatic amines is 1. The Kier molecular flexibility index (Phi) is 4.25. The molecule has 0 spiro atoms. The van der Waals surface area contributed by atoms with Crippen molar-refractivity contribution in [3.05, 3.63) is 85.3 Å². The van der Waals surface area contributed by atoms with E-state index in [0.717, 1.165) is 11.3 Å². The van der Waals surface area contributed by atoms with Crippen LogP contribution < -0.4 is 14.8 Å². The number of pyridine rings is 1. The lowest BCUT2D eigenvalue weighted by Crippen LogP contribution is -2.20. The van der Waals surface area contributed by atoms with Crippen LogP contribution in [0.15, 0.2) is 53.6 Å². The van der Waals surface area contributed by atoms with Crippen molar-refractivity contribution in [2.75, 3.05) is 0 Å². The van der Waals surface area contributed by atoms with E-state index in [1.807, 2.05) is 0 Å². The molecular weight excluding hydrogens is 315 g/mol. The summed E-state index contributed by atoms with van der Waals surface area (Å²) >= 11 is 1.10. The number of nitrogens with one attached hydrogen (secondary N) is 1. The number of rotatable bonds is 3. The fraction of sp³-hybridized carbons (Fsp3) is 0. The van der Waals surface area contributed by atoms with Crippen LogP contribution in [-0.4, -0.2) is 15.8 Å². The summed E-state index contributed by atoms with van der Waals surface area (Å²) in [6, 6.07) is 9.37. The van der Waals surface area contributed by atoms with Gasteiger partial charge in [-0.2, -0.15) is 0 Å². The predicted molar refractivity (Wildman–Crippen MR) is 87.2 cm³/mol. The molecule has 114 valence electrons. The molecular formula is C17H11FN2O2S. The van der Waals surface area contributed by atoms with Crippen molar-refractivity contribution in [1.29, 1.82) is 0 Å². The van der Waals surface area contributed by atoms with Crippen molar-refractivity contribution in [2.24, 2.45) is 0 Å². The van der Waals surface area contributed by atoms with Crippen LogP contribution >= 0.6 is 11.3 Å². The molecule has 4 nitrogen and oxygen atoms in total. The number of ketones is 1. The molecule has 2 aromatic heterocycles. The number of benzene rings is 1. The summed E-state index contributed by atoms with van der Waals surface area (Å²) < 4.78 is 14.4. The van der Waals surface area contributed by atoms with Gasteiger partial charge in [-0.15, -0.1) is 11.3 Å². The minimum atomic E-state index is -0.404. The van der Waals surface area contributed by atoms with Crippen molar-refractivity contribution in [2.45, 2.75) is 0 Å². The maximum Gasteiger partial charge on any atom is 0.266 e. The Hall–Kier alpha value is -2.86. The highest BCUT2D eigenvalue weighted by molar-refractivity contribution is 7.07. The van der Waals surface area contributed by atoms with E-state index in [1.165, 1.54) is 30.6 Å². The average Bonchev–Trinajstić information content (AvgIpc) is 2.90. The van der Waals surface area contributed by atoms with Gasteiger partial charge >= 0.3 is 0 Å². The number of aromatic nitrogens is 2. The van der Waals surface area contributed by atoms with Gasteiger partial charge in [0.05, 0.1) is 9.20 Å². The molecule has 23 heavy (non-hydrogen) atoms. The van der Waals surface area contributed by atoms with Crippen LogP contribution in [0.4, 0.5) is 4.39 Å². The molecule has 0 radical (unpaired) electrons. The van der Waals surface area contributed by atoms with Gasteiger partial charge in [0.25, 0.3) is 5.56 Å². The van der Waals surface area contributed by atoms with Crippen molar-refractivity contribution in [3.8, 4) is 0 Å². The summed E-state index contributed by atoms with van der Waals surface area (Å²) in [6.07, 6.45) is 5.86. The summed E-state index contributed by atoms with van der Waals surface area (Å²) in [5, 5.41) is 0. The minimum absolute atomic E-state index is 0.234. The number of hydrogen-bond donors (Lipinski definition) is 1. The molecule has 0 aliphatic rings. The van der Waals surface area contributed by atoms with Gasteiger partial charge in [0.15, 0.2) is 5.78 Å². The van der Waals surface area contributed by atoms with Gasteiger partial charge in [0.1, 0.15) is 5.82 Å². The van der Waals surface area contributed by atoms with Crippen LogP contribution in [0.1, 0.15) is 15.9 Å².